The molecule has 5 heterocycles. The number of aromatic nitrogens is 4. The van der Waals surface area contributed by atoms with E-state index in [9.17, 15) is 0 Å². The summed E-state index contributed by atoms with van der Waals surface area (Å²) in [5, 5.41) is 0. The molecule has 0 atom stereocenters. The lowest BCUT2D eigenvalue weighted by Gasteiger charge is -2.13. The van der Waals surface area contributed by atoms with Crippen LogP contribution in [0.15, 0.2) is 66.7 Å². The maximum Gasteiger partial charge on any atom is 0.0772 e. The van der Waals surface area contributed by atoms with Gasteiger partial charge in [0.25, 0.3) is 0 Å². The lowest BCUT2D eigenvalue weighted by atomic mass is 9.89. The molecule has 7 rings (SSSR count). The van der Waals surface area contributed by atoms with Crippen molar-refractivity contribution in [3.8, 4) is 22.3 Å². The van der Waals surface area contributed by atoms with E-state index < -0.39 is 0 Å². The number of rotatable bonds is 13. The number of hydrogen-bond acceptors (Lipinski definition) is 2. The molecule has 0 fully saturated rings. The van der Waals surface area contributed by atoms with Crippen LogP contribution in [0.5, 0.6) is 0 Å². The van der Waals surface area contributed by atoms with Gasteiger partial charge < -0.3 is 9.97 Å². The fourth-order valence-electron chi connectivity index (χ4n) is 9.82. The number of fused-ring (bicyclic) bond motifs is 8. The number of nitrogens with one attached hydrogen (secondary N) is 2. The van der Waals surface area contributed by atoms with E-state index in [1.165, 1.54) is 94.6 Å². The third-order valence-electron chi connectivity index (χ3n) is 12.4. The highest BCUT2D eigenvalue weighted by atomic mass is 14.8. The molecule has 0 aliphatic carbocycles. The van der Waals surface area contributed by atoms with Crippen LogP contribution in [0, 0.1) is 0 Å². The Bertz CT molecular complexity index is 2470. The molecule has 2 aromatic carbocycles. The maximum atomic E-state index is 5.90. The highest BCUT2D eigenvalue weighted by Gasteiger charge is 2.31. The fraction of sp³-hybridized carbons (Fsp3) is 0.385. The highest BCUT2D eigenvalue weighted by molar-refractivity contribution is 6.06. The van der Waals surface area contributed by atoms with E-state index >= 15 is 0 Å². The first-order chi connectivity index (χ1) is 27.4. The molecule has 0 radical (unpaired) electrons. The Morgan fingerprint density at radius 3 is 1.29 bits per heavy atom. The van der Waals surface area contributed by atoms with Gasteiger partial charge in [0.15, 0.2) is 0 Å². The third-order valence-corrected chi connectivity index (χ3v) is 12.4. The number of benzene rings is 2. The van der Waals surface area contributed by atoms with Crippen LogP contribution in [0.1, 0.15) is 151 Å². The monoisotopic (exact) mass is 742 g/mol. The molecule has 2 N–H and O–H groups in total. The van der Waals surface area contributed by atoms with Crippen LogP contribution < -0.4 is 0 Å². The Morgan fingerprint density at radius 2 is 0.821 bits per heavy atom. The van der Waals surface area contributed by atoms with Gasteiger partial charge in [-0.2, -0.15) is 0 Å². The maximum absolute atomic E-state index is 5.90. The molecule has 4 heteroatoms. The number of aromatic amines is 2. The van der Waals surface area contributed by atoms with Gasteiger partial charge in [-0.3, -0.25) is 0 Å². The molecule has 0 amide bonds. The molecular formula is C52H62N4. The summed E-state index contributed by atoms with van der Waals surface area (Å²) in [6, 6.07) is 24.4. The fourth-order valence-corrected chi connectivity index (χ4v) is 9.82. The molecule has 2 aliphatic heterocycles. The number of hydrogen-bond donors (Lipinski definition) is 2. The van der Waals surface area contributed by atoms with Crippen LogP contribution in [-0.2, 0) is 32.1 Å². The summed E-state index contributed by atoms with van der Waals surface area (Å²) in [4.78, 5) is 20.0. The number of allylic oxidation sites excluding steroid dienone is 4. The minimum Gasteiger partial charge on any atom is -0.355 e. The Morgan fingerprint density at radius 1 is 0.411 bits per heavy atom. The van der Waals surface area contributed by atoms with Crippen LogP contribution in [-0.4, -0.2) is 19.9 Å². The van der Waals surface area contributed by atoms with Gasteiger partial charge in [0, 0.05) is 33.2 Å². The van der Waals surface area contributed by atoms with E-state index in [4.69, 9.17) is 9.97 Å². The van der Waals surface area contributed by atoms with Crippen LogP contribution >= 0.6 is 0 Å². The summed E-state index contributed by atoms with van der Waals surface area (Å²) in [5.41, 5.74) is 26.5. The molecule has 0 unspecified atom stereocenters. The van der Waals surface area contributed by atoms with E-state index in [2.05, 4.69) is 139 Å². The van der Waals surface area contributed by atoms with Crippen molar-refractivity contribution in [1.82, 2.24) is 19.9 Å². The van der Waals surface area contributed by atoms with Crippen molar-refractivity contribution in [2.24, 2.45) is 0 Å². The van der Waals surface area contributed by atoms with Crippen LogP contribution in [0.2, 0.25) is 0 Å². The first-order valence-electron chi connectivity index (χ1n) is 21.8. The first kappa shape index (κ1) is 39.3. The Kier molecular flexibility index (Phi) is 12.0. The number of H-pyrrole nitrogens is 2. The lowest BCUT2D eigenvalue weighted by molar-refractivity contribution is 0.793. The summed E-state index contributed by atoms with van der Waals surface area (Å²) in [6.45, 7) is 20.8. The second-order valence-electron chi connectivity index (χ2n) is 15.3. The molecule has 0 saturated heterocycles. The zero-order valence-electron chi connectivity index (χ0n) is 35.5. The Labute approximate surface area is 335 Å². The van der Waals surface area contributed by atoms with Crippen molar-refractivity contribution in [1.29, 1.82) is 0 Å². The molecule has 8 bridgehead atoms. The van der Waals surface area contributed by atoms with Crippen molar-refractivity contribution in [2.75, 3.05) is 0 Å². The van der Waals surface area contributed by atoms with Gasteiger partial charge in [-0.15, -0.1) is 0 Å². The summed E-state index contributed by atoms with van der Waals surface area (Å²) in [6.07, 6.45) is 10.7. The van der Waals surface area contributed by atoms with E-state index in [1.54, 1.807) is 0 Å². The third kappa shape index (κ3) is 6.59. The topological polar surface area (TPSA) is 57.4 Å². The largest absolute Gasteiger partial charge is 0.355 e. The van der Waals surface area contributed by atoms with E-state index in [0.717, 1.165) is 93.3 Å². The number of aryl methyl sites for hydroxylation is 5. The average molecular weight is 743 g/mol. The minimum atomic E-state index is 0.892. The summed E-state index contributed by atoms with van der Waals surface area (Å²) in [7, 11) is 0. The van der Waals surface area contributed by atoms with Crippen molar-refractivity contribution in [3.63, 3.8) is 0 Å². The van der Waals surface area contributed by atoms with Gasteiger partial charge in [-0.1, -0.05) is 129 Å². The molecule has 5 aromatic rings. The highest BCUT2D eigenvalue weighted by Crippen LogP contribution is 2.48. The van der Waals surface area contributed by atoms with Crippen molar-refractivity contribution >= 4 is 44.4 Å². The quantitative estimate of drug-likeness (QED) is 0.126. The summed E-state index contributed by atoms with van der Waals surface area (Å²) < 4.78 is 0. The van der Waals surface area contributed by atoms with Crippen molar-refractivity contribution < 1.29 is 0 Å². The van der Waals surface area contributed by atoms with E-state index in [1.807, 2.05) is 0 Å². The van der Waals surface area contributed by atoms with Gasteiger partial charge in [0.1, 0.15) is 0 Å². The number of nitrogens with zero attached hydrogens (tertiary/aromatic N) is 2. The van der Waals surface area contributed by atoms with Gasteiger partial charge >= 0.3 is 0 Å². The standard InChI is InChI=1S/C52H62N4/c1-10-19-30-42-47-36(13-4)34(11-2)43(53-47)31-44-35(12-3)37(14-5)49(54-44)45(32-26-22-20-23-27-32)51-40(17-8)41(18-9)52(56-51)46(33-28-24-21-25-29-33)50-39(16-7)38(15-6)48(42)55-50/h20-29,31,53-54H,10-19,30H2,1-9H3. The Hall–Kier alpha value is -4.96. The van der Waals surface area contributed by atoms with Crippen molar-refractivity contribution in [2.45, 2.75) is 133 Å². The van der Waals surface area contributed by atoms with Crippen LogP contribution in [0.25, 0.3) is 66.6 Å². The predicted molar refractivity (Wildman–Crippen MR) is 243 cm³/mol. The SMILES string of the molecule is CCCCc1c2nc(c(-c3ccccc3)c3nc(c(-c4ccccc4)c4[nH]c(cc5[nH]c1c(CC)c5CC)c(CC)c4CC)C(CC)=C3CC)C(CC)=C2CC. The minimum absolute atomic E-state index is 0.892. The van der Waals surface area contributed by atoms with Crippen LogP contribution in [0.4, 0.5) is 0 Å². The van der Waals surface area contributed by atoms with Gasteiger partial charge in [0.05, 0.1) is 28.3 Å². The zero-order valence-corrected chi connectivity index (χ0v) is 35.5. The van der Waals surface area contributed by atoms with Crippen LogP contribution in [0.3, 0.4) is 0 Å². The average Bonchev–Trinajstić information content (AvgIpc) is 3.98. The number of unbranched alkanes of at least 4 members (excludes halogenated alkanes) is 1. The second-order valence-corrected chi connectivity index (χ2v) is 15.3. The lowest BCUT2D eigenvalue weighted by Crippen LogP contribution is -1.97. The molecular weight excluding hydrogens is 681 g/mol. The van der Waals surface area contributed by atoms with Gasteiger partial charge in [-0.05, 0) is 126 Å². The summed E-state index contributed by atoms with van der Waals surface area (Å²) in [5.74, 6) is 0. The zero-order chi connectivity index (χ0) is 39.5. The molecule has 3 aromatic heterocycles. The molecule has 4 nitrogen and oxygen atoms in total. The molecule has 2 aliphatic rings. The van der Waals surface area contributed by atoms with Gasteiger partial charge in [0.2, 0.25) is 0 Å². The predicted octanol–water partition coefficient (Wildman–Crippen LogP) is 14.7. The van der Waals surface area contributed by atoms with E-state index in [0.29, 0.717) is 0 Å². The van der Waals surface area contributed by atoms with Crippen molar-refractivity contribution in [3.05, 3.63) is 117 Å². The molecule has 56 heavy (non-hydrogen) atoms. The Balaban J connectivity index is 1.88. The smallest absolute Gasteiger partial charge is 0.0772 e. The van der Waals surface area contributed by atoms with Gasteiger partial charge in [-0.25, -0.2) is 9.97 Å². The first-order valence-corrected chi connectivity index (χ1v) is 21.8. The molecule has 0 spiro atoms. The second kappa shape index (κ2) is 17.0. The molecule has 290 valence electrons. The normalized spacial score (nSPS) is 13.0. The summed E-state index contributed by atoms with van der Waals surface area (Å²) >= 11 is 0. The molecule has 0 saturated carbocycles. The van der Waals surface area contributed by atoms with E-state index in [-0.39, 0.29) is 0 Å².